The van der Waals surface area contributed by atoms with Crippen LogP contribution in [0.1, 0.15) is 12.0 Å². The van der Waals surface area contributed by atoms with Gasteiger partial charge in [0.2, 0.25) is 5.91 Å². The molecular formula is C10H10FN3O. The highest BCUT2D eigenvalue weighted by atomic mass is 19.1. The van der Waals surface area contributed by atoms with Crippen LogP contribution in [0.5, 0.6) is 0 Å². The standard InChI is InChI=1S/C10H10FN3O/c11-9-2-1-8(5-7(9)6-12)14-4-3-10(13)15/h1-2,5,14H,3-4H2,(H2,13,15). The Labute approximate surface area is 86.5 Å². The van der Waals surface area contributed by atoms with Gasteiger partial charge in [-0.3, -0.25) is 4.79 Å². The molecule has 0 aliphatic rings. The molecule has 0 saturated heterocycles. The van der Waals surface area contributed by atoms with Gasteiger partial charge in [-0.05, 0) is 18.2 Å². The lowest BCUT2D eigenvalue weighted by Crippen LogP contribution is -2.15. The first-order valence-electron chi connectivity index (χ1n) is 4.35. The largest absolute Gasteiger partial charge is 0.384 e. The van der Waals surface area contributed by atoms with E-state index in [9.17, 15) is 9.18 Å². The molecule has 0 bridgehead atoms. The highest BCUT2D eigenvalue weighted by Crippen LogP contribution is 2.13. The normalized spacial score (nSPS) is 9.33. The smallest absolute Gasteiger partial charge is 0.219 e. The summed E-state index contributed by atoms with van der Waals surface area (Å²) >= 11 is 0. The number of halogens is 1. The molecule has 3 N–H and O–H groups in total. The molecule has 0 saturated carbocycles. The number of carbonyl (C=O) groups is 1. The summed E-state index contributed by atoms with van der Waals surface area (Å²) in [4.78, 5) is 10.4. The molecule has 0 fully saturated rings. The van der Waals surface area contributed by atoms with Gasteiger partial charge in [-0.15, -0.1) is 0 Å². The summed E-state index contributed by atoms with van der Waals surface area (Å²) in [6.07, 6.45) is 0.194. The number of nitriles is 1. The van der Waals surface area contributed by atoms with Gasteiger partial charge in [-0.25, -0.2) is 4.39 Å². The zero-order valence-corrected chi connectivity index (χ0v) is 7.96. The van der Waals surface area contributed by atoms with Crippen LogP contribution in [-0.2, 0) is 4.79 Å². The zero-order chi connectivity index (χ0) is 11.3. The zero-order valence-electron chi connectivity index (χ0n) is 7.96. The Morgan fingerprint density at radius 2 is 2.33 bits per heavy atom. The first kappa shape index (κ1) is 11.0. The maximum Gasteiger partial charge on any atom is 0.219 e. The van der Waals surface area contributed by atoms with E-state index in [1.165, 1.54) is 18.2 Å². The van der Waals surface area contributed by atoms with E-state index in [-0.39, 0.29) is 12.0 Å². The van der Waals surface area contributed by atoms with Crippen LogP contribution in [0.3, 0.4) is 0 Å². The number of rotatable bonds is 4. The van der Waals surface area contributed by atoms with Crippen molar-refractivity contribution in [2.45, 2.75) is 6.42 Å². The van der Waals surface area contributed by atoms with Crippen LogP contribution in [0.4, 0.5) is 10.1 Å². The molecule has 78 valence electrons. The van der Waals surface area contributed by atoms with Crippen molar-refractivity contribution in [3.63, 3.8) is 0 Å². The lowest BCUT2D eigenvalue weighted by Gasteiger charge is -2.05. The van der Waals surface area contributed by atoms with E-state index in [2.05, 4.69) is 5.32 Å². The Bertz CT molecular complexity index is 412. The second kappa shape index (κ2) is 4.96. The molecule has 15 heavy (non-hydrogen) atoms. The highest BCUT2D eigenvalue weighted by molar-refractivity contribution is 5.74. The summed E-state index contributed by atoms with van der Waals surface area (Å²) in [5.41, 5.74) is 5.51. The predicted molar refractivity (Wildman–Crippen MR) is 53.4 cm³/mol. The van der Waals surface area contributed by atoms with Gasteiger partial charge in [0.05, 0.1) is 5.56 Å². The first-order chi connectivity index (χ1) is 7.13. The molecule has 0 aromatic heterocycles. The van der Waals surface area contributed by atoms with Gasteiger partial charge in [0.1, 0.15) is 11.9 Å². The van der Waals surface area contributed by atoms with Crippen molar-refractivity contribution in [2.75, 3.05) is 11.9 Å². The average Bonchev–Trinajstić information content (AvgIpc) is 2.20. The van der Waals surface area contributed by atoms with Gasteiger partial charge < -0.3 is 11.1 Å². The van der Waals surface area contributed by atoms with E-state index in [4.69, 9.17) is 11.0 Å². The molecule has 0 radical (unpaired) electrons. The van der Waals surface area contributed by atoms with Crippen LogP contribution >= 0.6 is 0 Å². The summed E-state index contributed by atoms with van der Waals surface area (Å²) in [5, 5.41) is 11.4. The van der Waals surface area contributed by atoms with Crippen molar-refractivity contribution in [3.8, 4) is 6.07 Å². The minimum Gasteiger partial charge on any atom is -0.384 e. The van der Waals surface area contributed by atoms with Gasteiger partial charge in [0, 0.05) is 18.7 Å². The summed E-state index contributed by atoms with van der Waals surface area (Å²) in [6, 6.07) is 5.81. The van der Waals surface area contributed by atoms with Gasteiger partial charge >= 0.3 is 0 Å². The summed E-state index contributed by atoms with van der Waals surface area (Å²) < 4.78 is 12.9. The molecular weight excluding hydrogens is 197 g/mol. The molecule has 0 aliphatic heterocycles. The second-order valence-corrected chi connectivity index (χ2v) is 2.95. The third kappa shape index (κ3) is 3.27. The third-order valence-corrected chi connectivity index (χ3v) is 1.79. The fraction of sp³-hybridized carbons (Fsp3) is 0.200. The third-order valence-electron chi connectivity index (χ3n) is 1.79. The topological polar surface area (TPSA) is 78.9 Å². The van der Waals surface area contributed by atoms with Crippen molar-refractivity contribution in [3.05, 3.63) is 29.6 Å². The summed E-state index contributed by atoms with van der Waals surface area (Å²) in [7, 11) is 0. The summed E-state index contributed by atoms with van der Waals surface area (Å²) in [6.45, 7) is 0.367. The van der Waals surface area contributed by atoms with Gasteiger partial charge in [-0.1, -0.05) is 0 Å². The van der Waals surface area contributed by atoms with Crippen molar-refractivity contribution < 1.29 is 9.18 Å². The van der Waals surface area contributed by atoms with Crippen molar-refractivity contribution in [2.24, 2.45) is 5.73 Å². The van der Waals surface area contributed by atoms with Crippen LogP contribution in [0.15, 0.2) is 18.2 Å². The molecule has 1 aromatic carbocycles. The molecule has 1 rings (SSSR count). The first-order valence-corrected chi connectivity index (χ1v) is 4.35. The van der Waals surface area contributed by atoms with Crippen molar-refractivity contribution >= 4 is 11.6 Å². The molecule has 0 heterocycles. The number of nitrogens with zero attached hydrogens (tertiary/aromatic N) is 1. The fourth-order valence-electron chi connectivity index (χ4n) is 1.05. The number of anilines is 1. The monoisotopic (exact) mass is 207 g/mol. The van der Waals surface area contributed by atoms with E-state index >= 15 is 0 Å². The Morgan fingerprint density at radius 3 is 2.93 bits per heavy atom. The Hall–Kier alpha value is -2.09. The van der Waals surface area contributed by atoms with Crippen LogP contribution in [0.25, 0.3) is 0 Å². The summed E-state index contributed by atoms with van der Waals surface area (Å²) in [5.74, 6) is -0.969. The molecule has 0 aliphatic carbocycles. The Balaban J connectivity index is 2.63. The number of amides is 1. The molecule has 0 spiro atoms. The van der Waals surface area contributed by atoms with Crippen LogP contribution in [-0.4, -0.2) is 12.5 Å². The molecule has 1 aromatic rings. The number of nitrogens with two attached hydrogens (primary N) is 1. The maximum atomic E-state index is 12.9. The number of benzene rings is 1. The molecule has 1 amide bonds. The van der Waals surface area contributed by atoms with E-state index in [1.54, 1.807) is 6.07 Å². The van der Waals surface area contributed by atoms with E-state index in [1.807, 2.05) is 0 Å². The van der Waals surface area contributed by atoms with E-state index < -0.39 is 11.7 Å². The lowest BCUT2D eigenvalue weighted by molar-refractivity contribution is -0.117. The van der Waals surface area contributed by atoms with Crippen LogP contribution < -0.4 is 11.1 Å². The number of nitrogens with one attached hydrogen (secondary N) is 1. The minimum absolute atomic E-state index is 0.0286. The molecule has 0 unspecified atom stereocenters. The van der Waals surface area contributed by atoms with Crippen LogP contribution in [0, 0.1) is 17.1 Å². The quantitative estimate of drug-likeness (QED) is 0.772. The number of hydrogen-bond acceptors (Lipinski definition) is 3. The molecule has 4 nitrogen and oxygen atoms in total. The molecule has 5 heteroatoms. The van der Waals surface area contributed by atoms with Crippen molar-refractivity contribution in [1.29, 1.82) is 5.26 Å². The van der Waals surface area contributed by atoms with Gasteiger partial charge in [0.25, 0.3) is 0 Å². The van der Waals surface area contributed by atoms with E-state index in [0.717, 1.165) is 0 Å². The fourth-order valence-corrected chi connectivity index (χ4v) is 1.05. The van der Waals surface area contributed by atoms with Gasteiger partial charge in [0.15, 0.2) is 0 Å². The predicted octanol–water partition coefficient (Wildman–Crippen LogP) is 0.985. The van der Waals surface area contributed by atoms with Crippen molar-refractivity contribution in [1.82, 2.24) is 0 Å². The van der Waals surface area contributed by atoms with Crippen LogP contribution in [0.2, 0.25) is 0 Å². The Kier molecular flexibility index (Phi) is 3.63. The second-order valence-electron chi connectivity index (χ2n) is 2.95. The molecule has 0 atom stereocenters. The average molecular weight is 207 g/mol. The number of hydrogen-bond donors (Lipinski definition) is 2. The highest BCUT2D eigenvalue weighted by Gasteiger charge is 2.02. The maximum absolute atomic E-state index is 12.9. The minimum atomic E-state index is -0.557. The Morgan fingerprint density at radius 1 is 1.60 bits per heavy atom. The van der Waals surface area contributed by atoms with E-state index in [0.29, 0.717) is 12.2 Å². The SMILES string of the molecule is N#Cc1cc(NCCC(N)=O)ccc1F. The number of primary amides is 1. The number of carbonyl (C=O) groups excluding carboxylic acids is 1. The van der Waals surface area contributed by atoms with Gasteiger partial charge in [-0.2, -0.15) is 5.26 Å². The lowest BCUT2D eigenvalue weighted by atomic mass is 10.2.